The molecule has 1 amide bonds. The summed E-state index contributed by atoms with van der Waals surface area (Å²) in [4.78, 5) is 14.5. The van der Waals surface area contributed by atoms with Crippen molar-refractivity contribution in [3.05, 3.63) is 22.7 Å². The van der Waals surface area contributed by atoms with Crippen LogP contribution >= 0.6 is 11.6 Å². The van der Waals surface area contributed by atoms with E-state index in [4.69, 9.17) is 21.1 Å². The number of amides is 1. The molecular formula is C17H22ClNO4. The number of ether oxygens (including phenoxy) is 2. The fourth-order valence-electron chi connectivity index (χ4n) is 3.38. The van der Waals surface area contributed by atoms with E-state index in [1.54, 1.807) is 11.0 Å². The summed E-state index contributed by atoms with van der Waals surface area (Å²) in [6.07, 6.45) is 2.27. The second-order valence-corrected chi connectivity index (χ2v) is 6.64. The van der Waals surface area contributed by atoms with Crippen molar-refractivity contribution in [3.63, 3.8) is 0 Å². The predicted molar refractivity (Wildman–Crippen MR) is 87.1 cm³/mol. The molecule has 1 fully saturated rings. The van der Waals surface area contributed by atoms with Gasteiger partial charge in [0.05, 0.1) is 24.1 Å². The van der Waals surface area contributed by atoms with Crippen LogP contribution in [0.1, 0.15) is 25.3 Å². The Labute approximate surface area is 141 Å². The molecule has 0 spiro atoms. The van der Waals surface area contributed by atoms with Crippen molar-refractivity contribution >= 4 is 17.5 Å². The fraction of sp³-hybridized carbons (Fsp3) is 0.588. The van der Waals surface area contributed by atoms with E-state index < -0.39 is 0 Å². The molecule has 126 valence electrons. The third-order valence-corrected chi connectivity index (χ3v) is 4.92. The lowest BCUT2D eigenvalue weighted by atomic mass is 9.91. The number of rotatable bonds is 3. The number of benzene rings is 1. The number of aliphatic hydroxyl groups is 1. The molecule has 0 aliphatic carbocycles. The molecule has 1 N–H and O–H groups in total. The first-order chi connectivity index (χ1) is 11.1. The maximum absolute atomic E-state index is 12.7. The van der Waals surface area contributed by atoms with E-state index in [9.17, 15) is 9.90 Å². The van der Waals surface area contributed by atoms with Crippen LogP contribution in [0.3, 0.4) is 0 Å². The van der Waals surface area contributed by atoms with Crippen LogP contribution < -0.4 is 9.47 Å². The van der Waals surface area contributed by atoms with Crippen LogP contribution in [0.25, 0.3) is 0 Å². The third-order valence-electron chi connectivity index (χ3n) is 4.64. The second-order valence-electron chi connectivity index (χ2n) is 6.24. The molecule has 0 saturated carbocycles. The van der Waals surface area contributed by atoms with Gasteiger partial charge in [0.15, 0.2) is 11.5 Å². The molecule has 0 unspecified atom stereocenters. The first-order valence-corrected chi connectivity index (χ1v) is 8.46. The number of piperidine rings is 1. The van der Waals surface area contributed by atoms with Crippen LogP contribution in [0.5, 0.6) is 11.5 Å². The van der Waals surface area contributed by atoms with Crippen molar-refractivity contribution in [2.45, 2.75) is 32.2 Å². The topological polar surface area (TPSA) is 59.0 Å². The zero-order valence-corrected chi connectivity index (χ0v) is 14.0. The van der Waals surface area contributed by atoms with Crippen molar-refractivity contribution in [2.24, 2.45) is 5.92 Å². The highest BCUT2D eigenvalue weighted by Crippen LogP contribution is 2.38. The molecule has 0 radical (unpaired) electrons. The van der Waals surface area contributed by atoms with E-state index in [1.807, 2.05) is 6.07 Å². The maximum atomic E-state index is 12.7. The summed E-state index contributed by atoms with van der Waals surface area (Å²) in [6, 6.07) is 3.48. The van der Waals surface area contributed by atoms with Gasteiger partial charge in [0.25, 0.3) is 0 Å². The molecule has 2 aliphatic rings. The van der Waals surface area contributed by atoms with Crippen LogP contribution in [0, 0.1) is 5.92 Å². The minimum atomic E-state index is -0.0936. The molecule has 1 aromatic rings. The first-order valence-electron chi connectivity index (χ1n) is 8.08. The number of halogens is 1. The van der Waals surface area contributed by atoms with Crippen LogP contribution in [0.15, 0.2) is 12.1 Å². The summed E-state index contributed by atoms with van der Waals surface area (Å²) in [5.74, 6) is 1.48. The molecule has 23 heavy (non-hydrogen) atoms. The smallest absolute Gasteiger partial charge is 0.227 e. The van der Waals surface area contributed by atoms with Gasteiger partial charge < -0.3 is 19.5 Å². The zero-order valence-electron chi connectivity index (χ0n) is 13.3. The molecule has 0 bridgehead atoms. The van der Waals surface area contributed by atoms with E-state index in [2.05, 4.69) is 6.92 Å². The average Bonchev–Trinajstić information content (AvgIpc) is 2.54. The Balaban J connectivity index is 1.76. The van der Waals surface area contributed by atoms with Crippen LogP contribution in [-0.4, -0.2) is 48.3 Å². The Hall–Kier alpha value is -1.46. The van der Waals surface area contributed by atoms with E-state index in [0.29, 0.717) is 42.2 Å². The molecule has 2 atom stereocenters. The molecule has 0 aromatic heterocycles. The molecule has 1 aromatic carbocycles. The van der Waals surface area contributed by atoms with E-state index >= 15 is 0 Å². The molecule has 2 aliphatic heterocycles. The summed E-state index contributed by atoms with van der Waals surface area (Å²) in [6.45, 7) is 3.76. The molecule has 5 nitrogen and oxygen atoms in total. The van der Waals surface area contributed by atoms with Gasteiger partial charge in [-0.3, -0.25) is 4.79 Å². The Bertz CT molecular complexity index is 592. The van der Waals surface area contributed by atoms with Crippen molar-refractivity contribution in [1.82, 2.24) is 4.90 Å². The molecule has 2 heterocycles. The van der Waals surface area contributed by atoms with Gasteiger partial charge in [0, 0.05) is 6.54 Å². The number of carbonyl (C=O) groups is 1. The van der Waals surface area contributed by atoms with Crippen molar-refractivity contribution in [3.8, 4) is 11.5 Å². The lowest BCUT2D eigenvalue weighted by Crippen LogP contribution is -2.50. The third kappa shape index (κ3) is 3.40. The SMILES string of the molecule is C[C@H]1CCCN(C(=O)Cc2cc(Cl)c3c(c2)OCCO3)[C@H]1CO. The minimum absolute atomic E-state index is 0.00873. The normalized spacial score (nSPS) is 23.7. The van der Waals surface area contributed by atoms with Crippen LogP contribution in [0.4, 0.5) is 0 Å². The van der Waals surface area contributed by atoms with Gasteiger partial charge in [-0.1, -0.05) is 18.5 Å². The predicted octanol–water partition coefficient (Wildman–Crippen LogP) is 2.27. The number of hydrogen-bond donors (Lipinski definition) is 1. The summed E-state index contributed by atoms with van der Waals surface area (Å²) in [5.41, 5.74) is 0.805. The van der Waals surface area contributed by atoms with E-state index in [0.717, 1.165) is 18.4 Å². The summed E-state index contributed by atoms with van der Waals surface area (Å²) < 4.78 is 11.1. The highest BCUT2D eigenvalue weighted by molar-refractivity contribution is 6.32. The van der Waals surface area contributed by atoms with Crippen molar-refractivity contribution in [2.75, 3.05) is 26.4 Å². The molecule has 3 rings (SSSR count). The zero-order chi connectivity index (χ0) is 16.4. The number of fused-ring (bicyclic) bond motifs is 1. The lowest BCUT2D eigenvalue weighted by Gasteiger charge is -2.39. The number of likely N-dealkylation sites (tertiary alicyclic amines) is 1. The quantitative estimate of drug-likeness (QED) is 0.917. The lowest BCUT2D eigenvalue weighted by molar-refractivity contribution is -0.136. The highest BCUT2D eigenvalue weighted by atomic mass is 35.5. The van der Waals surface area contributed by atoms with Crippen molar-refractivity contribution < 1.29 is 19.4 Å². The summed E-state index contributed by atoms with van der Waals surface area (Å²) >= 11 is 6.23. The van der Waals surface area contributed by atoms with Gasteiger partial charge in [-0.15, -0.1) is 0 Å². The van der Waals surface area contributed by atoms with Gasteiger partial charge in [-0.25, -0.2) is 0 Å². The molecule has 6 heteroatoms. The average molecular weight is 340 g/mol. The van der Waals surface area contributed by atoms with Gasteiger partial charge in [-0.2, -0.15) is 0 Å². The fourth-order valence-corrected chi connectivity index (χ4v) is 3.67. The standard InChI is InChI=1S/C17H22ClNO4/c1-11-3-2-4-19(14(11)10-20)16(21)9-12-7-13(18)17-15(8-12)22-5-6-23-17/h7-8,11,14,20H,2-6,9-10H2,1H3/t11-,14-/m0/s1. The number of carbonyl (C=O) groups excluding carboxylic acids is 1. The first kappa shape index (κ1) is 16.4. The summed E-state index contributed by atoms with van der Waals surface area (Å²) in [5, 5.41) is 10.1. The Morgan fingerprint density at radius 3 is 2.96 bits per heavy atom. The van der Waals surface area contributed by atoms with Gasteiger partial charge in [0.2, 0.25) is 5.91 Å². The maximum Gasteiger partial charge on any atom is 0.227 e. The Morgan fingerprint density at radius 2 is 2.17 bits per heavy atom. The van der Waals surface area contributed by atoms with Crippen molar-refractivity contribution in [1.29, 1.82) is 0 Å². The minimum Gasteiger partial charge on any atom is -0.486 e. The van der Waals surface area contributed by atoms with E-state index in [-0.39, 0.29) is 25.0 Å². The highest BCUT2D eigenvalue weighted by Gasteiger charge is 2.31. The Kier molecular flexibility index (Phi) is 4.97. The molecular weight excluding hydrogens is 318 g/mol. The van der Waals surface area contributed by atoms with Gasteiger partial charge in [-0.05, 0) is 36.5 Å². The monoisotopic (exact) mass is 339 g/mol. The summed E-state index contributed by atoms with van der Waals surface area (Å²) in [7, 11) is 0. The van der Waals surface area contributed by atoms with Gasteiger partial charge in [0.1, 0.15) is 13.2 Å². The largest absolute Gasteiger partial charge is 0.486 e. The van der Waals surface area contributed by atoms with Crippen LogP contribution in [-0.2, 0) is 11.2 Å². The number of hydrogen-bond acceptors (Lipinski definition) is 4. The van der Waals surface area contributed by atoms with Gasteiger partial charge >= 0.3 is 0 Å². The molecule has 1 saturated heterocycles. The van der Waals surface area contributed by atoms with Crippen LogP contribution in [0.2, 0.25) is 5.02 Å². The number of nitrogens with zero attached hydrogens (tertiary/aromatic N) is 1. The van der Waals surface area contributed by atoms with E-state index in [1.165, 1.54) is 0 Å². The Morgan fingerprint density at radius 1 is 1.39 bits per heavy atom. The second kappa shape index (κ2) is 6.97. The number of aliphatic hydroxyl groups excluding tert-OH is 1.